The molecule has 0 saturated carbocycles. The third-order valence-electron chi connectivity index (χ3n) is 6.39. The smallest absolute Gasteiger partial charge is 0.225 e. The second kappa shape index (κ2) is 9.12. The number of hydrogen-bond donors (Lipinski definition) is 0. The van der Waals surface area contributed by atoms with E-state index in [1.165, 1.54) is 0 Å². The first-order valence-electron chi connectivity index (χ1n) is 11.2. The molecule has 2 aliphatic heterocycles. The van der Waals surface area contributed by atoms with E-state index in [0.29, 0.717) is 39.1 Å². The first-order chi connectivity index (χ1) is 15.7. The molecule has 3 aromatic rings. The molecular weight excluding hydrogens is 404 g/mol. The molecular formula is C25H28N4O3. The highest BCUT2D eigenvalue weighted by Crippen LogP contribution is 2.29. The van der Waals surface area contributed by atoms with Crippen LogP contribution < -0.4 is 9.64 Å². The molecule has 166 valence electrons. The first-order valence-corrected chi connectivity index (χ1v) is 11.2. The molecule has 0 spiro atoms. The van der Waals surface area contributed by atoms with Crippen LogP contribution in [0.2, 0.25) is 0 Å². The monoisotopic (exact) mass is 432 g/mol. The number of rotatable bonds is 5. The van der Waals surface area contributed by atoms with Crippen LogP contribution in [0.3, 0.4) is 0 Å². The average molecular weight is 433 g/mol. The number of fused-ring (bicyclic) bond motifs is 2. The minimum Gasteiger partial charge on any atom is -0.496 e. The lowest BCUT2D eigenvalue weighted by atomic mass is 9.99. The molecule has 1 fully saturated rings. The maximum absolute atomic E-state index is 13.1. The van der Waals surface area contributed by atoms with Crippen molar-refractivity contribution in [2.24, 2.45) is 0 Å². The van der Waals surface area contributed by atoms with Crippen LogP contribution in [0.15, 0.2) is 42.6 Å². The molecule has 1 aromatic heterocycles. The van der Waals surface area contributed by atoms with Gasteiger partial charge in [-0.2, -0.15) is 0 Å². The van der Waals surface area contributed by atoms with Gasteiger partial charge in [-0.3, -0.25) is 4.79 Å². The van der Waals surface area contributed by atoms with Gasteiger partial charge in [0.15, 0.2) is 0 Å². The molecule has 5 rings (SSSR count). The summed E-state index contributed by atoms with van der Waals surface area (Å²) in [5, 5.41) is 2.31. The quantitative estimate of drug-likeness (QED) is 0.618. The summed E-state index contributed by atoms with van der Waals surface area (Å²) >= 11 is 0. The Kier molecular flexibility index (Phi) is 5.90. The number of carbonyl (C=O) groups is 1. The maximum atomic E-state index is 13.1. The largest absolute Gasteiger partial charge is 0.496 e. The molecule has 7 heteroatoms. The molecule has 1 amide bonds. The van der Waals surface area contributed by atoms with Gasteiger partial charge >= 0.3 is 0 Å². The number of aromatic nitrogens is 2. The lowest BCUT2D eigenvalue weighted by Crippen LogP contribution is -2.39. The van der Waals surface area contributed by atoms with Gasteiger partial charge in [-0.1, -0.05) is 30.3 Å². The standard InChI is InChI=1S/C25H28N4O3/c1-31-23-8-6-18-4-2-3-5-20(18)21(23)7-9-24(30)29-11-10-19-16-26-25(27-22(19)17-29)28-12-14-32-15-13-28/h2-6,8,16H,7,9-15,17H2,1H3. The van der Waals surface area contributed by atoms with E-state index in [2.05, 4.69) is 28.1 Å². The molecule has 7 nitrogen and oxygen atoms in total. The fourth-order valence-electron chi connectivity index (χ4n) is 4.58. The second-order valence-electron chi connectivity index (χ2n) is 8.27. The van der Waals surface area contributed by atoms with E-state index in [1.807, 2.05) is 29.3 Å². The minimum absolute atomic E-state index is 0.150. The molecule has 0 aliphatic carbocycles. The summed E-state index contributed by atoms with van der Waals surface area (Å²) in [6.45, 7) is 4.24. The molecule has 2 aliphatic rings. The van der Waals surface area contributed by atoms with Gasteiger partial charge in [0.1, 0.15) is 5.75 Å². The summed E-state index contributed by atoms with van der Waals surface area (Å²) in [6, 6.07) is 12.3. The Morgan fingerprint density at radius 2 is 1.97 bits per heavy atom. The number of amides is 1. The Labute approximate surface area is 188 Å². The molecule has 2 aromatic carbocycles. The van der Waals surface area contributed by atoms with Gasteiger partial charge in [-0.05, 0) is 35.2 Å². The minimum atomic E-state index is 0.150. The molecule has 32 heavy (non-hydrogen) atoms. The summed E-state index contributed by atoms with van der Waals surface area (Å²) in [5.41, 5.74) is 3.19. The number of carbonyl (C=O) groups excluding carboxylic acids is 1. The normalized spacial score (nSPS) is 16.2. The summed E-state index contributed by atoms with van der Waals surface area (Å²) in [4.78, 5) is 26.5. The van der Waals surface area contributed by atoms with E-state index < -0.39 is 0 Å². The third-order valence-corrected chi connectivity index (χ3v) is 6.39. The Morgan fingerprint density at radius 3 is 2.81 bits per heavy atom. The zero-order valence-corrected chi connectivity index (χ0v) is 18.4. The van der Waals surface area contributed by atoms with Crippen molar-refractivity contribution in [2.75, 3.05) is 44.9 Å². The van der Waals surface area contributed by atoms with Crippen LogP contribution >= 0.6 is 0 Å². The van der Waals surface area contributed by atoms with Crippen molar-refractivity contribution in [3.8, 4) is 5.75 Å². The number of ether oxygens (including phenoxy) is 2. The van der Waals surface area contributed by atoms with Gasteiger partial charge in [0.25, 0.3) is 0 Å². The maximum Gasteiger partial charge on any atom is 0.225 e. The van der Waals surface area contributed by atoms with E-state index >= 15 is 0 Å². The number of aryl methyl sites for hydroxylation is 1. The van der Waals surface area contributed by atoms with Crippen LogP contribution in [0, 0.1) is 0 Å². The van der Waals surface area contributed by atoms with E-state index in [0.717, 1.165) is 58.8 Å². The van der Waals surface area contributed by atoms with Crippen LogP contribution in [0.4, 0.5) is 5.95 Å². The lowest BCUT2D eigenvalue weighted by molar-refractivity contribution is -0.132. The van der Waals surface area contributed by atoms with Crippen molar-refractivity contribution in [1.29, 1.82) is 0 Å². The van der Waals surface area contributed by atoms with Crippen LogP contribution in [-0.4, -0.2) is 60.7 Å². The van der Waals surface area contributed by atoms with E-state index in [9.17, 15) is 4.79 Å². The number of anilines is 1. The summed E-state index contributed by atoms with van der Waals surface area (Å²) in [6.07, 6.45) is 3.81. The predicted octanol–water partition coefficient (Wildman–Crippen LogP) is 2.99. The van der Waals surface area contributed by atoms with E-state index in [1.54, 1.807) is 7.11 Å². The number of methoxy groups -OCH3 is 1. The molecule has 0 atom stereocenters. The van der Waals surface area contributed by atoms with Crippen molar-refractivity contribution in [2.45, 2.75) is 25.8 Å². The van der Waals surface area contributed by atoms with Crippen molar-refractivity contribution in [1.82, 2.24) is 14.9 Å². The Morgan fingerprint density at radius 1 is 1.12 bits per heavy atom. The summed E-state index contributed by atoms with van der Waals surface area (Å²) < 4.78 is 11.0. The highest BCUT2D eigenvalue weighted by Gasteiger charge is 2.24. The first kappa shape index (κ1) is 20.7. The average Bonchev–Trinajstić information content (AvgIpc) is 2.86. The number of benzene rings is 2. The van der Waals surface area contributed by atoms with Crippen LogP contribution in [0.5, 0.6) is 5.75 Å². The fourth-order valence-corrected chi connectivity index (χ4v) is 4.58. The van der Waals surface area contributed by atoms with Crippen molar-refractivity contribution in [3.05, 3.63) is 59.4 Å². The Hall–Kier alpha value is -3.19. The number of hydrogen-bond acceptors (Lipinski definition) is 6. The Bertz CT molecular complexity index is 1130. The summed E-state index contributed by atoms with van der Waals surface area (Å²) in [5.74, 6) is 1.72. The van der Waals surface area contributed by atoms with E-state index in [4.69, 9.17) is 14.5 Å². The SMILES string of the molecule is COc1ccc2ccccc2c1CCC(=O)N1CCc2cnc(N3CCOCC3)nc2C1. The zero-order valence-electron chi connectivity index (χ0n) is 18.4. The van der Waals surface area contributed by atoms with Crippen LogP contribution in [-0.2, 0) is 28.9 Å². The Balaban J connectivity index is 1.29. The topological polar surface area (TPSA) is 67.8 Å². The lowest BCUT2D eigenvalue weighted by Gasteiger charge is -2.31. The van der Waals surface area contributed by atoms with Crippen molar-refractivity contribution < 1.29 is 14.3 Å². The molecule has 0 radical (unpaired) electrons. The van der Waals surface area contributed by atoms with Gasteiger partial charge in [-0.15, -0.1) is 0 Å². The number of nitrogens with zero attached hydrogens (tertiary/aromatic N) is 4. The van der Waals surface area contributed by atoms with Gasteiger partial charge in [-0.25, -0.2) is 9.97 Å². The molecule has 0 N–H and O–H groups in total. The van der Waals surface area contributed by atoms with Gasteiger partial charge in [0.2, 0.25) is 11.9 Å². The molecule has 0 unspecified atom stereocenters. The van der Waals surface area contributed by atoms with Crippen molar-refractivity contribution >= 4 is 22.6 Å². The van der Waals surface area contributed by atoms with Crippen molar-refractivity contribution in [3.63, 3.8) is 0 Å². The van der Waals surface area contributed by atoms with Gasteiger partial charge < -0.3 is 19.3 Å². The van der Waals surface area contributed by atoms with E-state index in [-0.39, 0.29) is 5.91 Å². The highest BCUT2D eigenvalue weighted by molar-refractivity contribution is 5.88. The van der Waals surface area contributed by atoms with Crippen LogP contribution in [0.1, 0.15) is 23.2 Å². The van der Waals surface area contributed by atoms with Gasteiger partial charge in [0.05, 0.1) is 32.6 Å². The third kappa shape index (κ3) is 4.12. The highest BCUT2D eigenvalue weighted by atomic mass is 16.5. The zero-order chi connectivity index (χ0) is 21.9. The van der Waals surface area contributed by atoms with Gasteiger partial charge in [0, 0.05) is 37.8 Å². The molecule has 1 saturated heterocycles. The molecule has 0 bridgehead atoms. The van der Waals surface area contributed by atoms with Crippen LogP contribution in [0.25, 0.3) is 10.8 Å². The summed E-state index contributed by atoms with van der Waals surface area (Å²) in [7, 11) is 1.68. The number of morpholine rings is 1. The second-order valence-corrected chi connectivity index (χ2v) is 8.27. The fraction of sp³-hybridized carbons (Fsp3) is 0.400. The predicted molar refractivity (Wildman–Crippen MR) is 123 cm³/mol. The molecule has 3 heterocycles.